The van der Waals surface area contributed by atoms with Crippen molar-refractivity contribution in [1.82, 2.24) is 4.90 Å². The van der Waals surface area contributed by atoms with Crippen LogP contribution in [0.1, 0.15) is 122 Å². The van der Waals surface area contributed by atoms with Crippen LogP contribution in [0.25, 0.3) is 0 Å². The van der Waals surface area contributed by atoms with Crippen LogP contribution in [0, 0.1) is 17.8 Å². The smallest absolute Gasteiger partial charge is 0.231 e. The second-order valence-electron chi connectivity index (χ2n) is 30.7. The van der Waals surface area contributed by atoms with Crippen molar-refractivity contribution in [1.29, 1.82) is 0 Å². The second kappa shape index (κ2) is 33.0. The Balaban J connectivity index is 0.000000118. The number of Topliss-reactive ketones (excluding diaryl/α,β-unsaturated/α-hetero) is 1. The van der Waals surface area contributed by atoms with Crippen LogP contribution in [-0.4, -0.2) is 155 Å². The molecule has 0 aromatic heterocycles. The SMILES string of the molecule is C=C1OCC2Oc3cc4c(cc3C(c3ccc(OC)cc3)C12)OCO4.CCC1(O)Oc2cc3c(cc2C(c2cc(OC)c(O)c(OC)c2)C1C(C)=O)OCO3.CN(C)c1ccc(C2CC(C)(N3CCCC3)Oc3cc4c(cc32)OCO4)cc1.COc1ccc(NC2Oc3cc4c(cc3C(c3cc(OC)c(OC)c(OC)c3)C2C)OCO4)cc1. The Hall–Kier alpha value is -12.3. The van der Waals surface area contributed by atoms with Crippen LogP contribution in [0.5, 0.6) is 115 Å². The van der Waals surface area contributed by atoms with E-state index in [0.29, 0.717) is 63.7 Å². The van der Waals surface area contributed by atoms with Gasteiger partial charge in [-0.1, -0.05) is 44.7 Å². The van der Waals surface area contributed by atoms with E-state index < -0.39 is 17.6 Å². The number of fused-ring (bicyclic) bond motifs is 9. The Bertz CT molecular complexity index is 5160. The average Bonchev–Trinajstić information content (AvgIpc) is 0.868. The number of hydrogen-bond donors (Lipinski definition) is 3. The summed E-state index contributed by atoms with van der Waals surface area (Å²) in [6.45, 7) is 15.2. The Morgan fingerprint density at radius 3 is 1.46 bits per heavy atom. The van der Waals surface area contributed by atoms with E-state index in [-0.39, 0.29) is 104 Å². The van der Waals surface area contributed by atoms with Crippen LogP contribution in [0.3, 0.4) is 0 Å². The van der Waals surface area contributed by atoms with E-state index >= 15 is 0 Å². The summed E-state index contributed by atoms with van der Waals surface area (Å²) < 4.78 is 114. The molecule has 2 saturated heterocycles. The normalized spacial score (nSPS) is 23.6. The first-order chi connectivity index (χ1) is 57.2. The van der Waals surface area contributed by atoms with Gasteiger partial charge in [0.05, 0.1) is 67.4 Å². The molecule has 10 heterocycles. The van der Waals surface area contributed by atoms with Gasteiger partial charge in [0.15, 0.2) is 80.9 Å². The molecule has 0 bridgehead atoms. The summed E-state index contributed by atoms with van der Waals surface area (Å²) in [7, 11) is 15.2. The molecule has 620 valence electrons. The predicted molar refractivity (Wildman–Crippen MR) is 436 cm³/mol. The molecule has 0 spiro atoms. The maximum absolute atomic E-state index is 12.8. The van der Waals surface area contributed by atoms with Gasteiger partial charge in [-0.3, -0.25) is 9.69 Å². The topological polar surface area (TPSA) is 261 Å². The van der Waals surface area contributed by atoms with Crippen molar-refractivity contribution in [3.63, 3.8) is 0 Å². The van der Waals surface area contributed by atoms with Crippen LogP contribution in [0.2, 0.25) is 0 Å². The summed E-state index contributed by atoms with van der Waals surface area (Å²) >= 11 is 0. The molecule has 11 unspecified atom stereocenters. The van der Waals surface area contributed by atoms with E-state index in [0.717, 1.165) is 99.4 Å². The van der Waals surface area contributed by atoms with Gasteiger partial charge in [-0.2, -0.15) is 0 Å². The van der Waals surface area contributed by atoms with Gasteiger partial charge < -0.3 is 115 Å². The first kappa shape index (κ1) is 79.5. The summed E-state index contributed by atoms with van der Waals surface area (Å²) in [5.74, 6) is 9.69. The first-order valence-electron chi connectivity index (χ1n) is 39.5. The van der Waals surface area contributed by atoms with Gasteiger partial charge in [-0.05, 0) is 146 Å². The largest absolute Gasteiger partial charge is 0.502 e. The summed E-state index contributed by atoms with van der Waals surface area (Å²) in [4.78, 5) is 17.4. The van der Waals surface area contributed by atoms with Gasteiger partial charge in [0.1, 0.15) is 53.0 Å². The molecule has 0 radical (unpaired) electrons. The highest BCUT2D eigenvalue weighted by Crippen LogP contribution is 2.58. The minimum atomic E-state index is -1.73. The maximum Gasteiger partial charge on any atom is 0.231 e. The second-order valence-corrected chi connectivity index (χ2v) is 30.7. The monoisotopic (exact) mass is 1610 g/mol. The Morgan fingerprint density at radius 2 is 0.966 bits per heavy atom. The van der Waals surface area contributed by atoms with Gasteiger partial charge in [-0.25, -0.2) is 0 Å². The number of ketones is 1. The number of hydrogen-bond acceptors (Lipinski definition) is 26. The minimum Gasteiger partial charge on any atom is -0.502 e. The molecular weight excluding hydrogens is 1520 g/mol. The number of benzene rings is 9. The molecule has 0 aliphatic carbocycles. The van der Waals surface area contributed by atoms with Gasteiger partial charge in [-0.15, -0.1) is 0 Å². The lowest BCUT2D eigenvalue weighted by atomic mass is 9.71. The molecule has 0 amide bonds. The molecule has 3 N–H and O–H groups in total. The third-order valence-electron chi connectivity index (χ3n) is 23.8. The van der Waals surface area contributed by atoms with E-state index in [9.17, 15) is 15.0 Å². The molecule has 118 heavy (non-hydrogen) atoms. The number of aliphatic hydroxyl groups is 1. The zero-order chi connectivity index (χ0) is 82.4. The van der Waals surface area contributed by atoms with Crippen molar-refractivity contribution in [3.8, 4) is 115 Å². The molecule has 10 aliphatic heterocycles. The van der Waals surface area contributed by atoms with E-state index in [2.05, 4.69) is 92.1 Å². The summed E-state index contributed by atoms with van der Waals surface area (Å²) in [6.07, 6.45) is 3.24. The average molecular weight is 1610 g/mol. The molecule has 0 saturated carbocycles. The van der Waals surface area contributed by atoms with Crippen molar-refractivity contribution in [2.45, 2.75) is 101 Å². The number of nitrogens with one attached hydrogen (secondary N) is 1. The fourth-order valence-corrected chi connectivity index (χ4v) is 17.7. The van der Waals surface area contributed by atoms with Crippen molar-refractivity contribution in [2.75, 3.05) is 121 Å². The number of aromatic hydroxyl groups is 1. The number of phenolic OH excluding ortho intramolecular Hbond substituents is 1. The van der Waals surface area contributed by atoms with E-state index in [1.165, 1.54) is 56.4 Å². The van der Waals surface area contributed by atoms with Crippen molar-refractivity contribution >= 4 is 17.2 Å². The van der Waals surface area contributed by atoms with Gasteiger partial charge >= 0.3 is 0 Å². The highest BCUT2D eigenvalue weighted by atomic mass is 16.7. The number of nitrogens with zero attached hydrogens (tertiary/aromatic N) is 2. The zero-order valence-corrected chi connectivity index (χ0v) is 68.4. The Kier molecular flexibility index (Phi) is 22.3. The number of carbonyl (C=O) groups is 1. The lowest BCUT2D eigenvalue weighted by molar-refractivity contribution is -0.194. The number of carbonyl (C=O) groups excluding carboxylic acids is 1. The molecule has 10 aliphatic rings. The minimum absolute atomic E-state index is 0.0211. The fourth-order valence-electron chi connectivity index (χ4n) is 17.7. The summed E-state index contributed by atoms with van der Waals surface area (Å²) in [5, 5.41) is 25.2. The third-order valence-corrected chi connectivity index (χ3v) is 23.8. The number of anilines is 2. The van der Waals surface area contributed by atoms with Crippen LogP contribution in [0.4, 0.5) is 11.4 Å². The number of likely N-dealkylation sites (tertiary alicyclic amines) is 1. The van der Waals surface area contributed by atoms with Crippen LogP contribution in [0.15, 0.2) is 158 Å². The van der Waals surface area contributed by atoms with Crippen LogP contribution < -0.4 is 100 Å². The first-order valence-corrected chi connectivity index (χ1v) is 39.5. The maximum atomic E-state index is 12.8. The highest BCUT2D eigenvalue weighted by molar-refractivity contribution is 5.83. The van der Waals surface area contributed by atoms with Crippen molar-refractivity contribution < 1.29 is 110 Å². The van der Waals surface area contributed by atoms with Crippen LogP contribution in [-0.2, 0) is 9.53 Å². The zero-order valence-electron chi connectivity index (χ0n) is 68.4. The summed E-state index contributed by atoms with van der Waals surface area (Å²) in [5.41, 5.74) is 9.89. The molecule has 26 heteroatoms. The fraction of sp³-hybridized carbons (Fsp3) is 0.380. The number of ether oxygens (including phenoxy) is 20. The van der Waals surface area contributed by atoms with Crippen molar-refractivity contribution in [3.05, 3.63) is 202 Å². The molecule has 19 rings (SSSR count). The van der Waals surface area contributed by atoms with Gasteiger partial charge in [0.25, 0.3) is 0 Å². The third kappa shape index (κ3) is 15.0. The predicted octanol–water partition coefficient (Wildman–Crippen LogP) is 15.7. The standard InChI is InChI=1S/C27H29NO7.C23H28N2O3.C22H24O8.C20H18O5/c1-15-25(16-10-23(30-3)26(32-5)24(11-16)31-4)19-12-21-22(34-14-33-21)13-20(19)35-27(15)28-17-6-8-18(29-2)9-7-17;1-23(25-10-4-5-11-25)14-19(16-6-8-17(9-7-16)24(2)3)18-12-21-22(27-15-26-21)13-20(18)28-23;1-5-22(25)20(11(2)23)19(12-6-17(26-3)21(24)18(7-12)27-4)13-8-15-16(29-10-28-15)9-14(13)30-22;1-11-19-18(9-22-11)25-15-8-17-16(23-10-24-17)7-14(15)20(19)12-3-5-13(21-2)6-4-12/h6-13,15,25,27-28H,14H2,1-5H3;6-9,12-13,19H,4-5,10-11,14-15H2,1-3H3;6-9,19-20,24-25H,5,10H2,1-4H3;3-8,18-20H,1,9-10H2,2H3. The highest BCUT2D eigenvalue weighted by Gasteiger charge is 2.53. The lowest BCUT2D eigenvalue weighted by Gasteiger charge is -2.45. The van der Waals surface area contributed by atoms with E-state index in [1.54, 1.807) is 66.7 Å². The lowest BCUT2D eigenvalue weighted by Crippen LogP contribution is -2.52. The molecule has 26 nitrogen and oxygen atoms in total. The van der Waals surface area contributed by atoms with Crippen molar-refractivity contribution in [2.24, 2.45) is 17.8 Å². The van der Waals surface area contributed by atoms with Crippen LogP contribution >= 0.6 is 0 Å². The molecular formula is C92H99N3O23. The van der Waals surface area contributed by atoms with E-state index in [1.807, 2.05) is 78.9 Å². The Morgan fingerprint density at radius 1 is 0.517 bits per heavy atom. The Labute approximate surface area is 685 Å². The van der Waals surface area contributed by atoms with E-state index in [4.69, 9.17) is 94.7 Å². The van der Waals surface area contributed by atoms with Gasteiger partial charge in [0.2, 0.25) is 44.5 Å². The molecule has 2 fully saturated rings. The molecule has 9 aromatic rings. The number of rotatable bonds is 17. The molecule has 11 atom stereocenters. The quantitative estimate of drug-likeness (QED) is 0.0765. The summed E-state index contributed by atoms with van der Waals surface area (Å²) in [6, 6.07) is 47.5. The number of methoxy groups -OCH3 is 7. The van der Waals surface area contributed by atoms with Gasteiger partial charge in [0, 0.05) is 128 Å². The number of phenols is 1. The molecule has 9 aromatic carbocycles.